The van der Waals surface area contributed by atoms with Crippen LogP contribution in [0.15, 0.2) is 34.2 Å². The monoisotopic (exact) mass is 474 g/mol. The number of hydrogen-bond donors (Lipinski definition) is 1. The number of nitro groups is 1. The lowest BCUT2D eigenvalue weighted by molar-refractivity contribution is -0.383. The quantitative estimate of drug-likeness (QED) is 0.229. The van der Waals surface area contributed by atoms with E-state index in [1.807, 2.05) is 0 Å². The van der Waals surface area contributed by atoms with Crippen molar-refractivity contribution in [3.63, 3.8) is 0 Å². The highest BCUT2D eigenvalue weighted by molar-refractivity contribution is 7.99. The van der Waals surface area contributed by atoms with Crippen LogP contribution in [0.5, 0.6) is 0 Å². The molecule has 1 aliphatic carbocycles. The van der Waals surface area contributed by atoms with Gasteiger partial charge in [0.25, 0.3) is 11.2 Å². The van der Waals surface area contributed by atoms with Crippen LogP contribution < -0.4 is 10.9 Å². The van der Waals surface area contributed by atoms with Gasteiger partial charge < -0.3 is 10.1 Å². The highest BCUT2D eigenvalue weighted by Crippen LogP contribution is 2.34. The maximum atomic E-state index is 13.3. The highest BCUT2D eigenvalue weighted by atomic mass is 32.2. The van der Waals surface area contributed by atoms with Gasteiger partial charge in [0.05, 0.1) is 29.2 Å². The van der Waals surface area contributed by atoms with Gasteiger partial charge in [0.1, 0.15) is 10.5 Å². The molecule has 0 saturated carbocycles. The molecule has 1 aliphatic rings. The number of thioether (sulfide) groups is 1. The molecule has 0 aliphatic heterocycles. The summed E-state index contributed by atoms with van der Waals surface area (Å²) in [7, 11) is 1.57. The van der Waals surface area contributed by atoms with Crippen LogP contribution in [0.4, 0.5) is 11.4 Å². The fraction of sp³-hybridized carbons (Fsp3) is 0.381. The third-order valence-electron chi connectivity index (χ3n) is 5.27. The van der Waals surface area contributed by atoms with Crippen LogP contribution in [0.25, 0.3) is 10.2 Å². The van der Waals surface area contributed by atoms with E-state index in [1.54, 1.807) is 29.1 Å². The first-order valence-electron chi connectivity index (χ1n) is 10.2. The number of methoxy groups -OCH3 is 1. The molecule has 9 nitrogen and oxygen atoms in total. The SMILES string of the molecule is COCCn1c(SCC(=O)Nc2ccccc2[N+](=O)[O-])nc2sc3c(c2c1=O)CCCC3. The number of rotatable bonds is 8. The molecule has 4 rings (SSSR count). The van der Waals surface area contributed by atoms with E-state index in [0.717, 1.165) is 43.0 Å². The molecule has 1 N–H and O–H groups in total. The molecule has 0 fully saturated rings. The predicted octanol–water partition coefficient (Wildman–Crippen LogP) is 3.62. The van der Waals surface area contributed by atoms with E-state index in [9.17, 15) is 19.7 Å². The van der Waals surface area contributed by atoms with E-state index in [1.165, 1.54) is 23.1 Å². The summed E-state index contributed by atoms with van der Waals surface area (Å²) >= 11 is 2.69. The number of hydrogen-bond acceptors (Lipinski definition) is 8. The molecule has 2 heterocycles. The predicted molar refractivity (Wildman–Crippen MR) is 125 cm³/mol. The van der Waals surface area contributed by atoms with Crippen molar-refractivity contribution in [3.05, 3.63) is 55.2 Å². The van der Waals surface area contributed by atoms with Crippen LogP contribution in [-0.2, 0) is 28.9 Å². The molecule has 0 unspecified atom stereocenters. The van der Waals surface area contributed by atoms with Gasteiger partial charge in [-0.25, -0.2) is 4.98 Å². The number of ether oxygens (including phenoxy) is 1. The smallest absolute Gasteiger partial charge is 0.292 e. The molecule has 11 heteroatoms. The lowest BCUT2D eigenvalue weighted by Gasteiger charge is -2.13. The van der Waals surface area contributed by atoms with Gasteiger partial charge in [0.2, 0.25) is 5.91 Å². The number of fused-ring (bicyclic) bond motifs is 3. The van der Waals surface area contributed by atoms with Crippen molar-refractivity contribution in [3.8, 4) is 0 Å². The summed E-state index contributed by atoms with van der Waals surface area (Å²) in [5, 5.41) is 14.9. The molecule has 32 heavy (non-hydrogen) atoms. The molecular formula is C21H22N4O5S2. The Labute approximate surface area is 192 Å². The number of para-hydroxylation sites is 2. The minimum absolute atomic E-state index is 0.0396. The number of amides is 1. The number of aryl methyl sites for hydroxylation is 2. The normalized spacial score (nSPS) is 13.2. The second-order valence-electron chi connectivity index (χ2n) is 7.35. The zero-order valence-electron chi connectivity index (χ0n) is 17.5. The number of thiophene rings is 1. The van der Waals surface area contributed by atoms with E-state index in [4.69, 9.17) is 9.72 Å². The standard InChI is InChI=1S/C21H22N4O5S2/c1-30-11-10-24-20(27)18-13-6-2-5-9-16(13)32-19(18)23-21(24)31-12-17(26)22-14-7-3-4-8-15(14)25(28)29/h3-4,7-8H,2,5-6,9-12H2,1H3,(H,22,26). The number of nitrogens with zero attached hydrogens (tertiary/aromatic N) is 3. The zero-order chi connectivity index (χ0) is 22.7. The van der Waals surface area contributed by atoms with Crippen molar-refractivity contribution in [1.82, 2.24) is 9.55 Å². The second kappa shape index (κ2) is 9.80. The molecule has 0 spiro atoms. The van der Waals surface area contributed by atoms with E-state index < -0.39 is 10.8 Å². The molecule has 0 atom stereocenters. The molecular weight excluding hydrogens is 452 g/mol. The molecule has 0 radical (unpaired) electrons. The molecule has 3 aromatic rings. The van der Waals surface area contributed by atoms with Crippen molar-refractivity contribution < 1.29 is 14.5 Å². The number of aromatic nitrogens is 2. The molecule has 0 bridgehead atoms. The van der Waals surface area contributed by atoms with Crippen molar-refractivity contribution in [2.45, 2.75) is 37.4 Å². The summed E-state index contributed by atoms with van der Waals surface area (Å²) in [6.07, 6.45) is 4.04. The van der Waals surface area contributed by atoms with Gasteiger partial charge in [-0.2, -0.15) is 0 Å². The zero-order valence-corrected chi connectivity index (χ0v) is 19.1. The molecule has 168 valence electrons. The number of carbonyl (C=O) groups is 1. The van der Waals surface area contributed by atoms with E-state index >= 15 is 0 Å². The Bertz CT molecular complexity index is 1240. The van der Waals surface area contributed by atoms with E-state index in [2.05, 4.69) is 5.32 Å². The number of benzene rings is 1. The highest BCUT2D eigenvalue weighted by Gasteiger charge is 2.23. The van der Waals surface area contributed by atoms with Crippen molar-refractivity contribution in [2.24, 2.45) is 0 Å². The Morgan fingerprint density at radius 2 is 2.12 bits per heavy atom. The second-order valence-corrected chi connectivity index (χ2v) is 9.37. The van der Waals surface area contributed by atoms with Gasteiger partial charge in [-0.3, -0.25) is 24.3 Å². The molecule has 2 aromatic heterocycles. The summed E-state index contributed by atoms with van der Waals surface area (Å²) in [6, 6.07) is 5.97. The van der Waals surface area contributed by atoms with Gasteiger partial charge in [-0.15, -0.1) is 11.3 Å². The number of anilines is 1. The van der Waals surface area contributed by atoms with Gasteiger partial charge in [-0.05, 0) is 37.3 Å². The molecule has 1 aromatic carbocycles. The van der Waals surface area contributed by atoms with Crippen LogP contribution >= 0.6 is 23.1 Å². The van der Waals surface area contributed by atoms with E-state index in [-0.39, 0.29) is 22.7 Å². The Morgan fingerprint density at radius 1 is 1.34 bits per heavy atom. The summed E-state index contributed by atoms with van der Waals surface area (Å²) < 4.78 is 6.73. The third-order valence-corrected chi connectivity index (χ3v) is 7.43. The first-order chi connectivity index (χ1) is 15.5. The van der Waals surface area contributed by atoms with Crippen LogP contribution in [0, 0.1) is 10.1 Å². The van der Waals surface area contributed by atoms with Crippen LogP contribution in [0.2, 0.25) is 0 Å². The Hall–Kier alpha value is -2.76. The third kappa shape index (κ3) is 4.54. The Kier molecular flexibility index (Phi) is 6.87. The van der Waals surface area contributed by atoms with Crippen molar-refractivity contribution in [1.29, 1.82) is 0 Å². The fourth-order valence-electron chi connectivity index (χ4n) is 3.76. The number of carbonyl (C=O) groups excluding carboxylic acids is 1. The van der Waals surface area contributed by atoms with Crippen LogP contribution in [0.1, 0.15) is 23.3 Å². The lowest BCUT2D eigenvalue weighted by atomic mass is 9.97. The molecule has 0 saturated heterocycles. The van der Waals surface area contributed by atoms with E-state index in [0.29, 0.717) is 28.5 Å². The summed E-state index contributed by atoms with van der Waals surface area (Å²) in [6.45, 7) is 0.673. The van der Waals surface area contributed by atoms with Crippen LogP contribution in [-0.4, -0.2) is 39.9 Å². The average molecular weight is 475 g/mol. The van der Waals surface area contributed by atoms with Crippen LogP contribution in [0.3, 0.4) is 0 Å². The summed E-state index contributed by atoms with van der Waals surface area (Å²) in [4.78, 5) is 43.1. The van der Waals surface area contributed by atoms with Crippen molar-refractivity contribution in [2.75, 3.05) is 24.8 Å². The lowest BCUT2D eigenvalue weighted by Crippen LogP contribution is -2.26. The molecule has 1 amide bonds. The minimum Gasteiger partial charge on any atom is -0.383 e. The largest absolute Gasteiger partial charge is 0.383 e. The van der Waals surface area contributed by atoms with Gasteiger partial charge in [0.15, 0.2) is 5.16 Å². The van der Waals surface area contributed by atoms with Crippen molar-refractivity contribution >= 4 is 50.6 Å². The number of nitro benzene ring substituents is 1. The first kappa shape index (κ1) is 22.4. The minimum atomic E-state index is -0.542. The van der Waals surface area contributed by atoms with Gasteiger partial charge in [-0.1, -0.05) is 23.9 Å². The summed E-state index contributed by atoms with van der Waals surface area (Å²) in [5.41, 5.74) is 0.972. The van der Waals surface area contributed by atoms with Gasteiger partial charge >= 0.3 is 0 Å². The first-order valence-corrected chi connectivity index (χ1v) is 12.0. The van der Waals surface area contributed by atoms with Gasteiger partial charge in [0, 0.05) is 18.1 Å². The Morgan fingerprint density at radius 3 is 2.91 bits per heavy atom. The number of nitrogens with one attached hydrogen (secondary N) is 1. The maximum Gasteiger partial charge on any atom is 0.292 e. The summed E-state index contributed by atoms with van der Waals surface area (Å²) in [5.74, 6) is -0.454. The fourth-order valence-corrected chi connectivity index (χ4v) is 5.89. The maximum absolute atomic E-state index is 13.3. The topological polar surface area (TPSA) is 116 Å². The Balaban J connectivity index is 1.60. The average Bonchev–Trinajstić information content (AvgIpc) is 3.16.